The van der Waals surface area contributed by atoms with Crippen LogP contribution in [-0.4, -0.2) is 52.1 Å². The van der Waals surface area contributed by atoms with Gasteiger partial charge in [-0.3, -0.25) is 0 Å². The van der Waals surface area contributed by atoms with Crippen LogP contribution in [0.5, 0.6) is 0 Å². The highest BCUT2D eigenvalue weighted by Gasteiger charge is 2.22. The predicted molar refractivity (Wildman–Crippen MR) is 66.8 cm³/mol. The van der Waals surface area contributed by atoms with E-state index >= 15 is 0 Å². The van der Waals surface area contributed by atoms with Crippen molar-refractivity contribution in [3.63, 3.8) is 0 Å². The molecule has 1 saturated heterocycles. The molecule has 6 heteroatoms. The molecule has 3 heterocycles. The molecule has 0 aromatic carbocycles. The number of ether oxygens (including phenoxy) is 1. The van der Waals surface area contributed by atoms with Crippen molar-refractivity contribution < 1.29 is 9.84 Å². The van der Waals surface area contributed by atoms with E-state index in [0.717, 1.165) is 23.6 Å². The zero-order chi connectivity index (χ0) is 12.5. The van der Waals surface area contributed by atoms with Gasteiger partial charge in [-0.15, -0.1) is 0 Å². The molecule has 1 fully saturated rings. The third kappa shape index (κ3) is 1.93. The molecule has 0 spiro atoms. The number of aromatic nitrogens is 3. The lowest BCUT2D eigenvalue weighted by molar-refractivity contribution is 0.00326. The van der Waals surface area contributed by atoms with E-state index in [4.69, 9.17) is 4.74 Å². The fraction of sp³-hybridized carbons (Fsp3) is 0.500. The number of pyridine rings is 1. The number of aliphatic hydroxyl groups excluding tert-OH is 1. The lowest BCUT2D eigenvalue weighted by atomic mass is 10.2. The summed E-state index contributed by atoms with van der Waals surface area (Å²) in [4.78, 5) is 6.40. The molecule has 0 amide bonds. The Morgan fingerprint density at radius 2 is 2.39 bits per heavy atom. The summed E-state index contributed by atoms with van der Waals surface area (Å²) in [5.74, 6) is 1.00. The largest absolute Gasteiger partial charge is 0.394 e. The smallest absolute Gasteiger partial charge is 0.157 e. The first-order chi connectivity index (χ1) is 8.78. The summed E-state index contributed by atoms with van der Waals surface area (Å²) in [7, 11) is 0. The van der Waals surface area contributed by atoms with Gasteiger partial charge in [-0.1, -0.05) is 0 Å². The molecule has 1 aliphatic rings. The van der Waals surface area contributed by atoms with Gasteiger partial charge in [-0.2, -0.15) is 9.61 Å². The quantitative estimate of drug-likeness (QED) is 0.824. The summed E-state index contributed by atoms with van der Waals surface area (Å²) in [6.45, 7) is 4.18. The summed E-state index contributed by atoms with van der Waals surface area (Å²) in [5.41, 5.74) is 1.99. The summed E-state index contributed by atoms with van der Waals surface area (Å²) in [6.07, 6.45) is 1.43. The molecule has 6 nitrogen and oxygen atoms in total. The van der Waals surface area contributed by atoms with Crippen LogP contribution in [0.15, 0.2) is 18.5 Å². The van der Waals surface area contributed by atoms with E-state index in [2.05, 4.69) is 21.0 Å². The van der Waals surface area contributed by atoms with Gasteiger partial charge in [0.2, 0.25) is 0 Å². The van der Waals surface area contributed by atoms with E-state index in [0.29, 0.717) is 13.2 Å². The van der Waals surface area contributed by atoms with Gasteiger partial charge in [-0.05, 0) is 24.6 Å². The molecule has 1 N–H and O–H groups in total. The lowest BCUT2D eigenvalue weighted by Crippen LogP contribution is -2.44. The van der Waals surface area contributed by atoms with Gasteiger partial charge in [0.25, 0.3) is 0 Å². The number of morpholine rings is 1. The zero-order valence-electron chi connectivity index (χ0n) is 10.3. The van der Waals surface area contributed by atoms with E-state index in [9.17, 15) is 5.11 Å². The number of nitrogens with zero attached hydrogens (tertiary/aromatic N) is 4. The molecule has 3 rings (SSSR count). The topological polar surface area (TPSA) is 62.9 Å². The number of aliphatic hydroxyl groups is 1. The highest BCUT2D eigenvalue weighted by molar-refractivity contribution is 5.53. The van der Waals surface area contributed by atoms with Crippen molar-refractivity contribution in [1.29, 1.82) is 0 Å². The van der Waals surface area contributed by atoms with Gasteiger partial charge >= 0.3 is 0 Å². The van der Waals surface area contributed by atoms with Gasteiger partial charge < -0.3 is 14.7 Å². The number of hydrogen-bond donors (Lipinski definition) is 1. The summed E-state index contributed by atoms with van der Waals surface area (Å²) < 4.78 is 7.29. The normalized spacial score (nSPS) is 20.6. The van der Waals surface area contributed by atoms with Crippen LogP contribution < -0.4 is 4.90 Å². The van der Waals surface area contributed by atoms with Crippen molar-refractivity contribution in [3.8, 4) is 0 Å². The lowest BCUT2D eigenvalue weighted by Gasteiger charge is -2.33. The second kappa shape index (κ2) is 4.55. The Kier molecular flexibility index (Phi) is 2.89. The minimum absolute atomic E-state index is 0.0445. The van der Waals surface area contributed by atoms with Crippen molar-refractivity contribution >= 4 is 11.5 Å². The monoisotopic (exact) mass is 248 g/mol. The number of aryl methyl sites for hydroxylation is 1. The van der Waals surface area contributed by atoms with E-state index in [1.165, 1.54) is 0 Å². The van der Waals surface area contributed by atoms with Crippen LogP contribution in [0.1, 0.15) is 5.56 Å². The third-order valence-corrected chi connectivity index (χ3v) is 3.17. The van der Waals surface area contributed by atoms with Crippen molar-refractivity contribution in [2.45, 2.75) is 13.0 Å². The first kappa shape index (κ1) is 11.4. The number of rotatable bonds is 2. The molecular weight excluding hydrogens is 232 g/mol. The minimum Gasteiger partial charge on any atom is -0.394 e. The zero-order valence-corrected chi connectivity index (χ0v) is 10.3. The molecule has 18 heavy (non-hydrogen) atoms. The molecule has 0 saturated carbocycles. The van der Waals surface area contributed by atoms with Gasteiger partial charge in [0, 0.05) is 13.1 Å². The van der Waals surface area contributed by atoms with Crippen LogP contribution in [0.25, 0.3) is 5.65 Å². The van der Waals surface area contributed by atoms with Crippen LogP contribution >= 0.6 is 0 Å². The van der Waals surface area contributed by atoms with Crippen LogP contribution in [0.2, 0.25) is 0 Å². The summed E-state index contributed by atoms with van der Waals surface area (Å²) in [6, 6.07) is 4.09. The van der Waals surface area contributed by atoms with E-state index < -0.39 is 0 Å². The molecular formula is C12H16N4O2. The van der Waals surface area contributed by atoms with Crippen molar-refractivity contribution in [2.24, 2.45) is 0 Å². The number of hydrogen-bond acceptors (Lipinski definition) is 5. The Morgan fingerprint density at radius 3 is 3.22 bits per heavy atom. The highest BCUT2D eigenvalue weighted by Crippen LogP contribution is 2.20. The second-order valence-electron chi connectivity index (χ2n) is 4.54. The number of fused-ring (bicyclic) bond motifs is 1. The van der Waals surface area contributed by atoms with Crippen molar-refractivity contribution in [1.82, 2.24) is 14.6 Å². The molecule has 1 atom stereocenters. The Hall–Kier alpha value is -1.66. The van der Waals surface area contributed by atoms with E-state index in [1.807, 2.05) is 17.5 Å². The van der Waals surface area contributed by atoms with Crippen LogP contribution in [0, 0.1) is 6.92 Å². The van der Waals surface area contributed by atoms with E-state index in [1.54, 1.807) is 6.33 Å². The molecule has 1 unspecified atom stereocenters. The molecule has 2 aromatic rings. The first-order valence-corrected chi connectivity index (χ1v) is 6.06. The molecule has 2 aromatic heterocycles. The van der Waals surface area contributed by atoms with Crippen molar-refractivity contribution in [2.75, 3.05) is 31.2 Å². The molecule has 0 aliphatic carbocycles. The van der Waals surface area contributed by atoms with Gasteiger partial charge in [0.15, 0.2) is 5.65 Å². The maximum Gasteiger partial charge on any atom is 0.157 e. The average Bonchev–Trinajstić information content (AvgIpc) is 2.85. The standard InChI is InChI=1S/C12H16N4O2/c1-9-4-11-13-8-14-16(11)12(5-9)15-2-3-18-10(6-15)7-17/h4-5,8,10,17H,2-3,6-7H2,1H3. The van der Waals surface area contributed by atoms with Gasteiger partial charge in [0.1, 0.15) is 12.1 Å². The summed E-state index contributed by atoms with van der Waals surface area (Å²) >= 11 is 0. The Bertz CT molecular complexity index is 554. The Balaban J connectivity index is 2.00. The average molecular weight is 248 g/mol. The molecule has 1 aliphatic heterocycles. The minimum atomic E-state index is -0.127. The molecule has 96 valence electrons. The number of anilines is 1. The van der Waals surface area contributed by atoms with Crippen LogP contribution in [0.3, 0.4) is 0 Å². The van der Waals surface area contributed by atoms with E-state index in [-0.39, 0.29) is 12.7 Å². The Morgan fingerprint density at radius 1 is 1.50 bits per heavy atom. The predicted octanol–water partition coefficient (Wildman–Crippen LogP) is 0.235. The second-order valence-corrected chi connectivity index (χ2v) is 4.54. The fourth-order valence-corrected chi connectivity index (χ4v) is 2.30. The third-order valence-electron chi connectivity index (χ3n) is 3.17. The Labute approximate surface area is 105 Å². The van der Waals surface area contributed by atoms with Gasteiger partial charge in [-0.25, -0.2) is 4.98 Å². The maximum atomic E-state index is 9.20. The molecule has 0 radical (unpaired) electrons. The highest BCUT2D eigenvalue weighted by atomic mass is 16.5. The summed E-state index contributed by atoms with van der Waals surface area (Å²) in [5, 5.41) is 13.4. The van der Waals surface area contributed by atoms with Crippen LogP contribution in [-0.2, 0) is 4.74 Å². The molecule has 0 bridgehead atoms. The first-order valence-electron chi connectivity index (χ1n) is 6.06. The SMILES string of the molecule is Cc1cc(N2CCOC(CO)C2)n2ncnc2c1. The van der Waals surface area contributed by atoms with Gasteiger partial charge in [0.05, 0.1) is 19.3 Å². The van der Waals surface area contributed by atoms with Crippen molar-refractivity contribution in [3.05, 3.63) is 24.0 Å². The van der Waals surface area contributed by atoms with Crippen LogP contribution in [0.4, 0.5) is 5.82 Å². The maximum absolute atomic E-state index is 9.20. The fourth-order valence-electron chi connectivity index (χ4n) is 2.30.